The van der Waals surface area contributed by atoms with Crippen molar-refractivity contribution in [3.8, 4) is 0 Å². The molecule has 0 bridgehead atoms. The molecule has 0 aliphatic carbocycles. The quantitative estimate of drug-likeness (QED) is 0.506. The highest BCUT2D eigenvalue weighted by atomic mass is 79.9. The molecule has 98 valence electrons. The lowest BCUT2D eigenvalue weighted by atomic mass is 10.5. The first kappa shape index (κ1) is 16.6. The molecule has 0 rings (SSSR count). The van der Waals surface area contributed by atoms with Gasteiger partial charge in [0.05, 0.1) is 0 Å². The maximum atomic E-state index is 5.96. The van der Waals surface area contributed by atoms with Crippen LogP contribution in [0.25, 0.3) is 0 Å². The van der Waals surface area contributed by atoms with Crippen LogP contribution in [0.3, 0.4) is 0 Å². The van der Waals surface area contributed by atoms with E-state index in [1.807, 2.05) is 41.5 Å². The molecule has 0 radical (unpaired) electrons. The van der Waals surface area contributed by atoms with E-state index in [4.69, 9.17) is 13.3 Å². The lowest BCUT2D eigenvalue weighted by molar-refractivity contribution is 0.00448. The molecule has 0 aromatic carbocycles. The molecule has 0 spiro atoms. The fourth-order valence-electron chi connectivity index (χ4n) is 1.45. The number of hydrogen-bond acceptors (Lipinski definition) is 3. The molecule has 0 aromatic heterocycles. The molecule has 0 heterocycles. The first-order valence-electron chi connectivity index (χ1n) is 5.90. The summed E-state index contributed by atoms with van der Waals surface area (Å²) in [5, 5.41) is 0.839. The maximum absolute atomic E-state index is 5.96. The molecule has 0 saturated carbocycles. The van der Waals surface area contributed by atoms with Crippen molar-refractivity contribution < 1.29 is 13.3 Å². The molecule has 0 N–H and O–H groups in total. The number of halogens is 1. The first-order valence-corrected chi connectivity index (χ1v) is 8.96. The molecule has 3 nitrogen and oxygen atoms in total. The average Bonchev–Trinajstić information content (AvgIpc) is 1.98. The van der Waals surface area contributed by atoms with Crippen molar-refractivity contribution in [3.05, 3.63) is 0 Å². The summed E-state index contributed by atoms with van der Waals surface area (Å²) in [6.45, 7) is 12.1. The zero-order chi connectivity index (χ0) is 12.8. The van der Waals surface area contributed by atoms with Crippen molar-refractivity contribution in [1.82, 2.24) is 0 Å². The fraction of sp³-hybridized carbons (Fsp3) is 1.00. The largest absolute Gasteiger partial charge is 0.502 e. The van der Waals surface area contributed by atoms with Crippen LogP contribution in [-0.4, -0.2) is 32.4 Å². The molecule has 5 heteroatoms. The number of rotatable bonds is 8. The van der Waals surface area contributed by atoms with Gasteiger partial charge in [-0.2, -0.15) is 0 Å². The van der Waals surface area contributed by atoms with Gasteiger partial charge in [-0.1, -0.05) is 15.9 Å². The van der Waals surface area contributed by atoms with Crippen LogP contribution in [0, 0.1) is 0 Å². The molecule has 0 unspecified atom stereocenters. The van der Waals surface area contributed by atoms with E-state index in [0.29, 0.717) is 0 Å². The summed E-state index contributed by atoms with van der Waals surface area (Å²) in [5.41, 5.74) is 0. The second kappa shape index (κ2) is 7.82. The number of hydrogen-bond donors (Lipinski definition) is 0. The molecule has 0 aliphatic rings. The topological polar surface area (TPSA) is 27.7 Å². The summed E-state index contributed by atoms with van der Waals surface area (Å²) in [6.07, 6.45) is 0.384. The van der Waals surface area contributed by atoms with Gasteiger partial charge in [-0.05, 0) is 41.5 Å². The maximum Gasteiger partial charge on any atom is 0.502 e. The highest BCUT2D eigenvalue weighted by Crippen LogP contribution is 2.22. The zero-order valence-corrected chi connectivity index (χ0v) is 13.8. The third-order valence-electron chi connectivity index (χ3n) is 1.65. The van der Waals surface area contributed by atoms with E-state index in [1.165, 1.54) is 0 Å². The third-order valence-corrected chi connectivity index (χ3v) is 6.13. The Kier molecular flexibility index (Phi) is 8.10. The van der Waals surface area contributed by atoms with E-state index in [9.17, 15) is 0 Å². The molecule has 0 saturated heterocycles. The van der Waals surface area contributed by atoms with Crippen LogP contribution in [0.2, 0.25) is 6.04 Å². The highest BCUT2D eigenvalue weighted by molar-refractivity contribution is 9.09. The second-order valence-electron chi connectivity index (χ2n) is 4.62. The molecular formula is C11H25BrO3Si. The minimum absolute atomic E-state index is 0.128. The van der Waals surface area contributed by atoms with Gasteiger partial charge >= 0.3 is 8.80 Å². The van der Waals surface area contributed by atoms with Crippen LogP contribution in [0.15, 0.2) is 0 Å². The van der Waals surface area contributed by atoms with Gasteiger partial charge in [-0.3, -0.25) is 0 Å². The lowest BCUT2D eigenvalue weighted by Crippen LogP contribution is -2.50. The van der Waals surface area contributed by atoms with Crippen molar-refractivity contribution in [2.75, 3.05) is 5.33 Å². The average molecular weight is 313 g/mol. The van der Waals surface area contributed by atoms with E-state index >= 15 is 0 Å². The van der Waals surface area contributed by atoms with Crippen molar-refractivity contribution >= 4 is 24.7 Å². The smallest absolute Gasteiger partial charge is 0.371 e. The Balaban J connectivity index is 4.72. The predicted octanol–water partition coefficient (Wildman–Crippen LogP) is 3.60. The van der Waals surface area contributed by atoms with Crippen LogP contribution in [0.1, 0.15) is 41.5 Å². The molecule has 0 aromatic rings. The van der Waals surface area contributed by atoms with Crippen molar-refractivity contribution in [1.29, 1.82) is 0 Å². The van der Waals surface area contributed by atoms with E-state index in [1.54, 1.807) is 0 Å². The van der Waals surface area contributed by atoms with Gasteiger partial charge in [-0.15, -0.1) is 0 Å². The Morgan fingerprint density at radius 3 is 1.31 bits per heavy atom. The first-order chi connectivity index (χ1) is 7.31. The molecular weight excluding hydrogens is 288 g/mol. The highest BCUT2D eigenvalue weighted by Gasteiger charge is 2.43. The van der Waals surface area contributed by atoms with E-state index in [2.05, 4.69) is 15.9 Å². The fourth-order valence-corrected chi connectivity index (χ4v) is 5.82. The summed E-state index contributed by atoms with van der Waals surface area (Å²) >= 11 is 3.45. The minimum atomic E-state index is -2.53. The Bertz CT molecular complexity index is 160. The van der Waals surface area contributed by atoms with Gasteiger partial charge in [0.1, 0.15) is 0 Å². The van der Waals surface area contributed by atoms with Crippen molar-refractivity contribution in [2.24, 2.45) is 0 Å². The van der Waals surface area contributed by atoms with Crippen LogP contribution in [0.4, 0.5) is 0 Å². The Hall–Kier alpha value is 0.577. The second-order valence-corrected chi connectivity index (χ2v) is 7.99. The summed E-state index contributed by atoms with van der Waals surface area (Å²) in [4.78, 5) is 0. The lowest BCUT2D eigenvalue weighted by Gasteiger charge is -2.34. The molecule has 0 amide bonds. The van der Waals surface area contributed by atoms with Gasteiger partial charge in [0, 0.05) is 29.7 Å². The summed E-state index contributed by atoms with van der Waals surface area (Å²) < 4.78 is 17.9. The van der Waals surface area contributed by atoms with E-state index in [-0.39, 0.29) is 18.3 Å². The van der Waals surface area contributed by atoms with Crippen LogP contribution < -0.4 is 0 Å². The summed E-state index contributed by atoms with van der Waals surface area (Å²) in [6, 6.07) is 0.807. The van der Waals surface area contributed by atoms with Crippen molar-refractivity contribution in [2.45, 2.75) is 65.9 Å². The number of alkyl halides is 1. The van der Waals surface area contributed by atoms with Gasteiger partial charge < -0.3 is 13.3 Å². The minimum Gasteiger partial charge on any atom is -0.371 e. The predicted molar refractivity (Wildman–Crippen MR) is 73.0 cm³/mol. The van der Waals surface area contributed by atoms with Gasteiger partial charge in [0.25, 0.3) is 0 Å². The Morgan fingerprint density at radius 1 is 0.812 bits per heavy atom. The van der Waals surface area contributed by atoms with E-state index in [0.717, 1.165) is 11.4 Å². The normalized spacial score (nSPS) is 13.1. The summed E-state index contributed by atoms with van der Waals surface area (Å²) in [7, 11) is -2.53. The molecule has 0 aliphatic heterocycles. The van der Waals surface area contributed by atoms with Crippen LogP contribution in [-0.2, 0) is 13.3 Å². The Morgan fingerprint density at radius 2 is 1.12 bits per heavy atom. The molecule has 0 atom stereocenters. The Labute approximate surface area is 109 Å². The van der Waals surface area contributed by atoms with E-state index < -0.39 is 8.80 Å². The van der Waals surface area contributed by atoms with Crippen LogP contribution >= 0.6 is 15.9 Å². The van der Waals surface area contributed by atoms with Gasteiger partial charge in [0.15, 0.2) is 0 Å². The van der Waals surface area contributed by atoms with Crippen LogP contribution in [0.5, 0.6) is 0 Å². The molecule has 0 fully saturated rings. The SMILES string of the molecule is CC(C)O[Si](CCBr)(OC(C)C)OC(C)C. The third kappa shape index (κ3) is 7.01. The molecule has 16 heavy (non-hydrogen) atoms. The summed E-state index contributed by atoms with van der Waals surface area (Å²) in [5.74, 6) is 0. The monoisotopic (exact) mass is 312 g/mol. The standard InChI is InChI=1S/C11H25BrO3Si/c1-9(2)13-16(8-7-12,14-10(3)4)15-11(5)6/h9-11H,7-8H2,1-6H3. The van der Waals surface area contributed by atoms with Gasteiger partial charge in [-0.25, -0.2) is 0 Å². The van der Waals surface area contributed by atoms with Crippen molar-refractivity contribution in [3.63, 3.8) is 0 Å². The van der Waals surface area contributed by atoms with Gasteiger partial charge in [0.2, 0.25) is 0 Å². The zero-order valence-electron chi connectivity index (χ0n) is 11.2.